The molecule has 80 valence electrons. The Labute approximate surface area is 85.8 Å². The fraction of sp³-hybridized carbons (Fsp3) is 0.909. The summed E-state index contributed by atoms with van der Waals surface area (Å²) in [5.41, 5.74) is 1.02. The van der Waals surface area contributed by atoms with Gasteiger partial charge in [-0.1, -0.05) is 18.0 Å². The summed E-state index contributed by atoms with van der Waals surface area (Å²) in [5, 5.41) is 12.3. The molecule has 0 amide bonds. The SMILES string of the molecule is O/N=C1/CCCC1N1CCCCCC1. The highest BCUT2D eigenvalue weighted by atomic mass is 16.4. The summed E-state index contributed by atoms with van der Waals surface area (Å²) < 4.78 is 0. The molecule has 2 rings (SSSR count). The van der Waals surface area contributed by atoms with Crippen LogP contribution in [0.1, 0.15) is 44.9 Å². The minimum Gasteiger partial charge on any atom is -0.411 e. The lowest BCUT2D eigenvalue weighted by Gasteiger charge is -2.26. The highest BCUT2D eigenvalue weighted by Crippen LogP contribution is 2.24. The molecule has 2 aliphatic rings. The zero-order chi connectivity index (χ0) is 9.80. The van der Waals surface area contributed by atoms with Crippen LogP contribution in [0.25, 0.3) is 0 Å². The Kier molecular flexibility index (Phi) is 3.40. The Bertz CT molecular complexity index is 207. The lowest BCUT2D eigenvalue weighted by atomic mass is 10.2. The van der Waals surface area contributed by atoms with Gasteiger partial charge in [-0.2, -0.15) is 0 Å². The van der Waals surface area contributed by atoms with Crippen LogP contribution in [0.15, 0.2) is 5.16 Å². The van der Waals surface area contributed by atoms with Gasteiger partial charge in [0, 0.05) is 0 Å². The summed E-state index contributed by atoms with van der Waals surface area (Å²) in [6, 6.07) is 0.457. The first-order chi connectivity index (χ1) is 6.92. The van der Waals surface area contributed by atoms with Gasteiger partial charge in [-0.25, -0.2) is 0 Å². The van der Waals surface area contributed by atoms with Gasteiger partial charge < -0.3 is 5.21 Å². The zero-order valence-corrected chi connectivity index (χ0v) is 8.78. The topological polar surface area (TPSA) is 35.8 Å². The quantitative estimate of drug-likeness (QED) is 0.515. The van der Waals surface area contributed by atoms with E-state index in [4.69, 9.17) is 5.21 Å². The van der Waals surface area contributed by atoms with Crippen molar-refractivity contribution in [2.75, 3.05) is 13.1 Å². The number of likely N-dealkylation sites (tertiary alicyclic amines) is 1. The average Bonchev–Trinajstić information content (AvgIpc) is 2.52. The third-order valence-electron chi connectivity index (χ3n) is 3.50. The Balaban J connectivity index is 1.98. The van der Waals surface area contributed by atoms with E-state index in [2.05, 4.69) is 10.1 Å². The molecule has 3 nitrogen and oxygen atoms in total. The van der Waals surface area contributed by atoms with Gasteiger partial charge in [0.2, 0.25) is 0 Å². The number of rotatable bonds is 1. The molecule has 1 N–H and O–H groups in total. The van der Waals surface area contributed by atoms with Gasteiger partial charge >= 0.3 is 0 Å². The molecule has 14 heavy (non-hydrogen) atoms. The molecule has 0 aromatic heterocycles. The molecule has 0 aromatic carbocycles. The first kappa shape index (κ1) is 9.97. The highest BCUT2D eigenvalue weighted by Gasteiger charge is 2.28. The van der Waals surface area contributed by atoms with Crippen molar-refractivity contribution in [2.24, 2.45) is 5.16 Å². The smallest absolute Gasteiger partial charge is 0.0742 e. The molecule has 0 radical (unpaired) electrons. The van der Waals surface area contributed by atoms with Gasteiger partial charge in [-0.15, -0.1) is 0 Å². The van der Waals surface area contributed by atoms with E-state index in [0.717, 1.165) is 12.1 Å². The Morgan fingerprint density at radius 1 is 1.07 bits per heavy atom. The van der Waals surface area contributed by atoms with E-state index in [1.54, 1.807) is 0 Å². The van der Waals surface area contributed by atoms with Gasteiger partial charge in [-0.05, 0) is 45.2 Å². The lowest BCUT2D eigenvalue weighted by molar-refractivity contribution is 0.242. The predicted molar refractivity (Wildman–Crippen MR) is 56.9 cm³/mol. The summed E-state index contributed by atoms with van der Waals surface area (Å²) in [4.78, 5) is 2.52. The van der Waals surface area contributed by atoms with Gasteiger partial charge in [0.25, 0.3) is 0 Å². The normalized spacial score (nSPS) is 33.4. The molecule has 0 bridgehead atoms. The van der Waals surface area contributed by atoms with Crippen molar-refractivity contribution >= 4 is 5.71 Å². The molecular weight excluding hydrogens is 176 g/mol. The maximum absolute atomic E-state index is 8.90. The van der Waals surface area contributed by atoms with E-state index in [0.29, 0.717) is 6.04 Å². The van der Waals surface area contributed by atoms with Crippen LogP contribution in [-0.2, 0) is 0 Å². The van der Waals surface area contributed by atoms with Crippen molar-refractivity contribution in [2.45, 2.75) is 51.0 Å². The van der Waals surface area contributed by atoms with Crippen molar-refractivity contribution in [3.63, 3.8) is 0 Å². The van der Waals surface area contributed by atoms with Crippen LogP contribution >= 0.6 is 0 Å². The van der Waals surface area contributed by atoms with Crippen LogP contribution in [0.2, 0.25) is 0 Å². The minimum atomic E-state index is 0.457. The van der Waals surface area contributed by atoms with Crippen molar-refractivity contribution in [1.82, 2.24) is 4.90 Å². The van der Waals surface area contributed by atoms with Crippen molar-refractivity contribution in [3.05, 3.63) is 0 Å². The summed E-state index contributed by atoms with van der Waals surface area (Å²) in [5.74, 6) is 0. The molecule has 1 aliphatic heterocycles. The zero-order valence-electron chi connectivity index (χ0n) is 8.78. The van der Waals surface area contributed by atoms with Crippen molar-refractivity contribution < 1.29 is 5.21 Å². The van der Waals surface area contributed by atoms with Crippen LogP contribution < -0.4 is 0 Å². The fourth-order valence-corrected chi connectivity index (χ4v) is 2.73. The van der Waals surface area contributed by atoms with E-state index in [-0.39, 0.29) is 0 Å². The maximum Gasteiger partial charge on any atom is 0.0742 e. The third kappa shape index (κ3) is 2.08. The molecule has 0 spiro atoms. The van der Waals surface area contributed by atoms with Gasteiger partial charge in [0.15, 0.2) is 0 Å². The Hall–Kier alpha value is -0.570. The second kappa shape index (κ2) is 4.78. The molecule has 1 aliphatic carbocycles. The van der Waals surface area contributed by atoms with Crippen molar-refractivity contribution in [3.8, 4) is 0 Å². The summed E-state index contributed by atoms with van der Waals surface area (Å²) >= 11 is 0. The molecule has 3 heteroatoms. The monoisotopic (exact) mass is 196 g/mol. The average molecular weight is 196 g/mol. The predicted octanol–water partition coefficient (Wildman–Crippen LogP) is 2.25. The Morgan fingerprint density at radius 2 is 1.79 bits per heavy atom. The molecule has 1 atom stereocenters. The Morgan fingerprint density at radius 3 is 2.43 bits per heavy atom. The van der Waals surface area contributed by atoms with E-state index in [1.807, 2.05) is 0 Å². The summed E-state index contributed by atoms with van der Waals surface area (Å²) in [6.45, 7) is 2.40. The van der Waals surface area contributed by atoms with E-state index in [9.17, 15) is 0 Å². The minimum absolute atomic E-state index is 0.457. The largest absolute Gasteiger partial charge is 0.411 e. The maximum atomic E-state index is 8.90. The number of hydrogen-bond donors (Lipinski definition) is 1. The van der Waals surface area contributed by atoms with Crippen molar-refractivity contribution in [1.29, 1.82) is 0 Å². The lowest BCUT2D eigenvalue weighted by Crippen LogP contribution is -2.38. The summed E-state index contributed by atoms with van der Waals surface area (Å²) in [6.07, 6.45) is 8.76. The van der Waals surface area contributed by atoms with E-state index in [1.165, 1.54) is 51.6 Å². The molecule has 1 saturated heterocycles. The standard InChI is InChI=1S/C11H20N2O/c14-12-10-6-5-7-11(10)13-8-3-1-2-4-9-13/h11,14H,1-9H2/b12-10-. The summed E-state index contributed by atoms with van der Waals surface area (Å²) in [7, 11) is 0. The fourth-order valence-electron chi connectivity index (χ4n) is 2.73. The number of nitrogens with zero attached hydrogens (tertiary/aromatic N) is 2. The van der Waals surface area contributed by atoms with Gasteiger partial charge in [0.1, 0.15) is 0 Å². The molecular formula is C11H20N2O. The van der Waals surface area contributed by atoms with Crippen LogP contribution in [0.4, 0.5) is 0 Å². The van der Waals surface area contributed by atoms with Crippen LogP contribution in [0.5, 0.6) is 0 Å². The first-order valence-electron chi connectivity index (χ1n) is 5.86. The second-order valence-electron chi connectivity index (χ2n) is 4.45. The molecule has 0 aromatic rings. The number of oxime groups is 1. The highest BCUT2D eigenvalue weighted by molar-refractivity contribution is 5.90. The third-order valence-corrected chi connectivity index (χ3v) is 3.50. The molecule has 1 unspecified atom stereocenters. The van der Waals surface area contributed by atoms with Crippen LogP contribution in [0.3, 0.4) is 0 Å². The first-order valence-corrected chi connectivity index (χ1v) is 5.86. The van der Waals surface area contributed by atoms with E-state index < -0.39 is 0 Å². The van der Waals surface area contributed by atoms with Gasteiger partial charge in [-0.3, -0.25) is 4.90 Å². The number of hydrogen-bond acceptors (Lipinski definition) is 3. The second-order valence-corrected chi connectivity index (χ2v) is 4.45. The molecule has 2 fully saturated rings. The van der Waals surface area contributed by atoms with E-state index >= 15 is 0 Å². The molecule has 1 saturated carbocycles. The molecule has 1 heterocycles. The van der Waals surface area contributed by atoms with Gasteiger partial charge in [0.05, 0.1) is 11.8 Å². The van der Waals surface area contributed by atoms with Crippen LogP contribution in [-0.4, -0.2) is 35.0 Å². The van der Waals surface area contributed by atoms with Crippen LogP contribution in [0, 0.1) is 0 Å².